The molecule has 0 aromatic carbocycles. The quantitative estimate of drug-likeness (QED) is 0.319. The number of nitrogens with two attached hydrogens (primary N) is 1. The zero-order valence-corrected chi connectivity index (χ0v) is 14.2. The third-order valence-electron chi connectivity index (χ3n) is 3.21. The predicted molar refractivity (Wildman–Crippen MR) is 91.2 cm³/mol. The molecule has 0 aliphatic carbocycles. The van der Waals surface area contributed by atoms with Crippen LogP contribution in [-0.4, -0.2) is 33.8 Å². The van der Waals surface area contributed by atoms with Crippen LogP contribution in [0.5, 0.6) is 0 Å². The largest absolute Gasteiger partial charge is 0.465 e. The van der Waals surface area contributed by atoms with Crippen molar-refractivity contribution in [1.82, 2.24) is 15.0 Å². The lowest BCUT2D eigenvalue weighted by atomic mass is 10.1. The molecule has 0 bridgehead atoms. The Bertz CT molecular complexity index is 879. The predicted octanol–water partition coefficient (Wildman–Crippen LogP) is 2.97. The molecule has 0 atom stereocenters. The van der Waals surface area contributed by atoms with Crippen LogP contribution in [0.1, 0.15) is 16.1 Å². The van der Waals surface area contributed by atoms with Gasteiger partial charge in [0.1, 0.15) is 22.8 Å². The number of anilines is 1. The van der Waals surface area contributed by atoms with Crippen LogP contribution in [0.2, 0.25) is 5.15 Å². The van der Waals surface area contributed by atoms with E-state index in [-0.39, 0.29) is 0 Å². The van der Waals surface area contributed by atoms with Crippen LogP contribution in [0.3, 0.4) is 0 Å². The van der Waals surface area contributed by atoms with E-state index < -0.39 is 5.97 Å². The standard InChI is InChI=1S/C15H13ClN4O3S/c1-22-14(21)10-7-23-11-6-18-8(4-9(10)11)2-3-24-15-19-12(16)5-13(17)20-15/h4-7H,2-3H2,1H3,(H2,17,19,20). The third-order valence-corrected chi connectivity index (χ3v) is 4.25. The van der Waals surface area contributed by atoms with Crippen LogP contribution in [0.25, 0.3) is 11.0 Å². The number of hydrogen-bond donors (Lipinski definition) is 1. The maximum absolute atomic E-state index is 11.7. The fraction of sp³-hybridized carbons (Fsp3) is 0.200. The van der Waals surface area contributed by atoms with E-state index in [0.29, 0.717) is 44.8 Å². The molecule has 0 aliphatic rings. The van der Waals surface area contributed by atoms with Gasteiger partial charge < -0.3 is 14.9 Å². The maximum Gasteiger partial charge on any atom is 0.341 e. The number of thioether (sulfide) groups is 1. The first kappa shape index (κ1) is 16.5. The Kier molecular flexibility index (Phi) is 4.86. The van der Waals surface area contributed by atoms with Crippen LogP contribution in [0.4, 0.5) is 5.82 Å². The molecule has 0 spiro atoms. The van der Waals surface area contributed by atoms with Crippen molar-refractivity contribution in [2.75, 3.05) is 18.6 Å². The number of ether oxygens (including phenoxy) is 1. The number of furan rings is 1. The zero-order chi connectivity index (χ0) is 17.1. The van der Waals surface area contributed by atoms with Crippen LogP contribution in [-0.2, 0) is 11.2 Å². The fourth-order valence-electron chi connectivity index (χ4n) is 2.11. The summed E-state index contributed by atoms with van der Waals surface area (Å²) in [4.78, 5) is 24.2. The van der Waals surface area contributed by atoms with Gasteiger partial charge in [-0.05, 0) is 12.5 Å². The van der Waals surface area contributed by atoms with Gasteiger partial charge in [-0.1, -0.05) is 23.4 Å². The second kappa shape index (κ2) is 7.06. The molecule has 3 aromatic rings. The zero-order valence-electron chi connectivity index (χ0n) is 12.7. The topological polar surface area (TPSA) is 104 Å². The smallest absolute Gasteiger partial charge is 0.341 e. The monoisotopic (exact) mass is 364 g/mol. The molecule has 0 fully saturated rings. The molecule has 0 amide bonds. The van der Waals surface area contributed by atoms with E-state index in [4.69, 9.17) is 26.5 Å². The van der Waals surface area contributed by atoms with Crippen LogP contribution >= 0.6 is 23.4 Å². The van der Waals surface area contributed by atoms with Crippen LogP contribution in [0, 0.1) is 0 Å². The Morgan fingerprint density at radius 1 is 1.42 bits per heavy atom. The Morgan fingerprint density at radius 3 is 3.00 bits per heavy atom. The summed E-state index contributed by atoms with van der Waals surface area (Å²) in [6.07, 6.45) is 3.62. The van der Waals surface area contributed by atoms with Crippen molar-refractivity contribution < 1.29 is 13.9 Å². The fourth-order valence-corrected chi connectivity index (χ4v) is 3.17. The lowest BCUT2D eigenvalue weighted by molar-refractivity contribution is 0.0602. The number of nitrogen functional groups attached to an aromatic ring is 1. The van der Waals surface area contributed by atoms with Gasteiger partial charge in [0.25, 0.3) is 0 Å². The van der Waals surface area contributed by atoms with Crippen molar-refractivity contribution in [2.24, 2.45) is 0 Å². The highest BCUT2D eigenvalue weighted by molar-refractivity contribution is 7.99. The number of rotatable bonds is 5. The van der Waals surface area contributed by atoms with E-state index in [9.17, 15) is 4.79 Å². The number of methoxy groups -OCH3 is 1. The van der Waals surface area contributed by atoms with Gasteiger partial charge in [0, 0.05) is 22.9 Å². The van der Waals surface area contributed by atoms with Gasteiger partial charge in [0.15, 0.2) is 10.7 Å². The molecular weight excluding hydrogens is 352 g/mol. The molecule has 0 saturated carbocycles. The van der Waals surface area contributed by atoms with E-state index in [0.717, 1.165) is 5.69 Å². The molecule has 0 aliphatic heterocycles. The number of aryl methyl sites for hydroxylation is 1. The van der Waals surface area contributed by atoms with E-state index in [1.54, 1.807) is 6.20 Å². The Hall–Kier alpha value is -2.32. The molecule has 0 saturated heterocycles. The molecule has 3 rings (SSSR count). The Morgan fingerprint density at radius 2 is 2.25 bits per heavy atom. The minimum absolute atomic E-state index is 0.311. The molecule has 24 heavy (non-hydrogen) atoms. The molecule has 0 unspecified atom stereocenters. The minimum atomic E-state index is -0.442. The summed E-state index contributed by atoms with van der Waals surface area (Å²) in [5.41, 5.74) is 7.38. The molecule has 3 aromatic heterocycles. The van der Waals surface area contributed by atoms with Gasteiger partial charge in [-0.3, -0.25) is 4.98 Å². The van der Waals surface area contributed by atoms with Gasteiger partial charge in [-0.25, -0.2) is 14.8 Å². The molecule has 2 N–H and O–H groups in total. The minimum Gasteiger partial charge on any atom is -0.465 e. The number of esters is 1. The molecule has 3 heterocycles. The molecule has 0 radical (unpaired) electrons. The van der Waals surface area contributed by atoms with Gasteiger partial charge in [0.05, 0.1) is 13.3 Å². The van der Waals surface area contributed by atoms with Gasteiger partial charge in [0.2, 0.25) is 0 Å². The van der Waals surface area contributed by atoms with Crippen molar-refractivity contribution in [3.8, 4) is 0 Å². The number of fused-ring (bicyclic) bond motifs is 1. The molecule has 9 heteroatoms. The van der Waals surface area contributed by atoms with Gasteiger partial charge in [-0.15, -0.1) is 0 Å². The van der Waals surface area contributed by atoms with E-state index in [2.05, 4.69) is 15.0 Å². The van der Waals surface area contributed by atoms with E-state index in [1.165, 1.54) is 31.2 Å². The summed E-state index contributed by atoms with van der Waals surface area (Å²) >= 11 is 7.27. The average Bonchev–Trinajstić information content (AvgIpc) is 2.96. The number of nitrogens with zero attached hydrogens (tertiary/aromatic N) is 3. The summed E-state index contributed by atoms with van der Waals surface area (Å²) in [5, 5.41) is 1.51. The lowest BCUT2D eigenvalue weighted by Crippen LogP contribution is -2.00. The first-order valence-electron chi connectivity index (χ1n) is 6.94. The summed E-state index contributed by atoms with van der Waals surface area (Å²) in [6, 6.07) is 3.31. The first-order valence-corrected chi connectivity index (χ1v) is 8.30. The summed E-state index contributed by atoms with van der Waals surface area (Å²) < 4.78 is 10.0. The van der Waals surface area contributed by atoms with Crippen molar-refractivity contribution in [2.45, 2.75) is 11.6 Å². The highest BCUT2D eigenvalue weighted by Gasteiger charge is 2.15. The summed E-state index contributed by atoms with van der Waals surface area (Å²) in [7, 11) is 1.33. The normalized spacial score (nSPS) is 10.9. The number of halogens is 1. The molecule has 124 valence electrons. The van der Waals surface area contributed by atoms with Crippen LogP contribution < -0.4 is 5.73 Å². The summed E-state index contributed by atoms with van der Waals surface area (Å²) in [5.74, 6) is 0.574. The number of aromatic nitrogens is 3. The molecular formula is C15H13ClN4O3S. The highest BCUT2D eigenvalue weighted by atomic mass is 35.5. The van der Waals surface area contributed by atoms with Gasteiger partial charge in [-0.2, -0.15) is 0 Å². The second-order valence-electron chi connectivity index (χ2n) is 4.81. The van der Waals surface area contributed by atoms with Gasteiger partial charge >= 0.3 is 5.97 Å². The van der Waals surface area contributed by atoms with Crippen LogP contribution in [0.15, 0.2) is 34.2 Å². The second-order valence-corrected chi connectivity index (χ2v) is 6.26. The van der Waals surface area contributed by atoms with Crippen molar-refractivity contribution >= 4 is 46.1 Å². The lowest BCUT2D eigenvalue weighted by Gasteiger charge is -2.03. The van der Waals surface area contributed by atoms with Crippen molar-refractivity contribution in [3.05, 3.63) is 41.0 Å². The Labute approximate surface area is 146 Å². The maximum atomic E-state index is 11.7. The SMILES string of the molecule is COC(=O)c1coc2cnc(CCSc3nc(N)cc(Cl)n3)cc12. The highest BCUT2D eigenvalue weighted by Crippen LogP contribution is 2.23. The average molecular weight is 365 g/mol. The van der Waals surface area contributed by atoms with E-state index >= 15 is 0 Å². The summed E-state index contributed by atoms with van der Waals surface area (Å²) in [6.45, 7) is 0. The first-order chi connectivity index (χ1) is 11.6. The third kappa shape index (κ3) is 3.60. The molecule has 7 nitrogen and oxygen atoms in total. The number of hydrogen-bond acceptors (Lipinski definition) is 8. The Balaban J connectivity index is 1.72. The van der Waals surface area contributed by atoms with Crippen molar-refractivity contribution in [3.63, 3.8) is 0 Å². The number of carbonyl (C=O) groups is 1. The number of carbonyl (C=O) groups excluding carboxylic acids is 1. The number of pyridine rings is 1. The van der Waals surface area contributed by atoms with Crippen molar-refractivity contribution in [1.29, 1.82) is 0 Å². The van der Waals surface area contributed by atoms with E-state index in [1.807, 2.05) is 6.07 Å².